The third-order valence-corrected chi connectivity index (χ3v) is 3.55. The lowest BCUT2D eigenvalue weighted by Crippen LogP contribution is -2.60. The molecule has 0 N–H and O–H groups in total. The molecule has 0 saturated carbocycles. The van der Waals surface area contributed by atoms with Crippen LogP contribution in [0.15, 0.2) is 0 Å². The van der Waals surface area contributed by atoms with Crippen molar-refractivity contribution in [3.8, 4) is 0 Å². The van der Waals surface area contributed by atoms with Crippen LogP contribution < -0.4 is 0 Å². The number of hydrogen-bond donors (Lipinski definition) is 0. The van der Waals surface area contributed by atoms with Crippen molar-refractivity contribution in [3.63, 3.8) is 0 Å². The van der Waals surface area contributed by atoms with Gasteiger partial charge in [-0.1, -0.05) is 0 Å². The second kappa shape index (κ2) is 5.93. The summed E-state index contributed by atoms with van der Waals surface area (Å²) in [4.78, 5) is 0. The highest BCUT2D eigenvalue weighted by Crippen LogP contribution is 2.39. The maximum absolute atomic E-state index is 5.86. The molecule has 2 aliphatic rings. The van der Waals surface area contributed by atoms with Crippen molar-refractivity contribution in [2.24, 2.45) is 5.41 Å². The van der Waals surface area contributed by atoms with Gasteiger partial charge in [0.15, 0.2) is 0 Å². The Hall–Kier alpha value is -0.240. The minimum atomic E-state index is -1.04. The van der Waals surface area contributed by atoms with E-state index in [-0.39, 0.29) is 16.6 Å². The average Bonchev–Trinajstić information content (AvgIpc) is 2.33. The summed E-state index contributed by atoms with van der Waals surface area (Å²) < 4.78 is 35.1. The molecule has 2 rings (SSSR count). The molecule has 0 bridgehead atoms. The topological polar surface area (TPSA) is 55.4 Å². The van der Waals surface area contributed by atoms with E-state index in [9.17, 15) is 0 Å². The van der Waals surface area contributed by atoms with E-state index in [1.165, 1.54) is 0 Å². The van der Waals surface area contributed by atoms with Crippen LogP contribution in [0.5, 0.6) is 0 Å². The standard InChI is InChI=1S/C17H32O6/c1-13(2,3)22-15(7)18-9-17(10-19-15)11-20-16(8,21-12-17)23-14(4,5)6/h9-12H2,1-8H3. The SMILES string of the molecule is CC(C)(C)OC1(C)OCC2(CO1)COC(C)(OC(C)(C)C)OC2. The third kappa shape index (κ3) is 5.37. The van der Waals surface area contributed by atoms with Crippen molar-refractivity contribution in [3.05, 3.63) is 0 Å². The van der Waals surface area contributed by atoms with Gasteiger partial charge in [-0.2, -0.15) is 0 Å². The van der Waals surface area contributed by atoms with Crippen molar-refractivity contribution >= 4 is 0 Å². The Morgan fingerprint density at radius 1 is 0.609 bits per heavy atom. The van der Waals surface area contributed by atoms with Crippen LogP contribution in [0.4, 0.5) is 0 Å². The molecule has 0 aromatic rings. The second-order valence-electron chi connectivity index (χ2n) is 8.81. The summed E-state index contributed by atoms with van der Waals surface area (Å²) in [6.45, 7) is 17.2. The van der Waals surface area contributed by atoms with Gasteiger partial charge in [-0.15, -0.1) is 0 Å². The summed E-state index contributed by atoms with van der Waals surface area (Å²) in [5, 5.41) is 0. The first kappa shape index (κ1) is 19.1. The monoisotopic (exact) mass is 332 g/mol. The van der Waals surface area contributed by atoms with E-state index in [1.54, 1.807) is 13.8 Å². The van der Waals surface area contributed by atoms with E-state index in [0.717, 1.165) is 0 Å². The number of ether oxygens (including phenoxy) is 6. The van der Waals surface area contributed by atoms with E-state index >= 15 is 0 Å². The molecule has 1 spiro atoms. The van der Waals surface area contributed by atoms with Crippen LogP contribution in [-0.4, -0.2) is 49.6 Å². The van der Waals surface area contributed by atoms with Crippen LogP contribution in [0.3, 0.4) is 0 Å². The van der Waals surface area contributed by atoms with E-state index in [0.29, 0.717) is 26.4 Å². The maximum atomic E-state index is 5.86. The van der Waals surface area contributed by atoms with Crippen LogP contribution in [0, 0.1) is 5.41 Å². The van der Waals surface area contributed by atoms with Crippen molar-refractivity contribution in [2.75, 3.05) is 26.4 Å². The molecule has 0 aliphatic carbocycles. The molecule has 2 fully saturated rings. The van der Waals surface area contributed by atoms with E-state index < -0.39 is 11.9 Å². The van der Waals surface area contributed by atoms with Crippen molar-refractivity contribution in [2.45, 2.75) is 78.5 Å². The van der Waals surface area contributed by atoms with Gasteiger partial charge in [0.1, 0.15) is 0 Å². The lowest BCUT2D eigenvalue weighted by atomic mass is 9.90. The van der Waals surface area contributed by atoms with Crippen molar-refractivity contribution in [1.29, 1.82) is 0 Å². The fourth-order valence-corrected chi connectivity index (χ4v) is 2.70. The molecule has 0 amide bonds. The van der Waals surface area contributed by atoms with Gasteiger partial charge in [0, 0.05) is 13.8 Å². The quantitative estimate of drug-likeness (QED) is 0.775. The van der Waals surface area contributed by atoms with E-state index in [2.05, 4.69) is 0 Å². The summed E-state index contributed by atoms with van der Waals surface area (Å²) >= 11 is 0. The number of hydrogen-bond acceptors (Lipinski definition) is 6. The fourth-order valence-electron chi connectivity index (χ4n) is 2.70. The highest BCUT2D eigenvalue weighted by atomic mass is 16.9. The summed E-state index contributed by atoms with van der Waals surface area (Å²) in [7, 11) is 0. The van der Waals surface area contributed by atoms with E-state index in [4.69, 9.17) is 28.4 Å². The molecule has 0 aromatic carbocycles. The largest absolute Gasteiger partial charge is 0.327 e. The van der Waals surface area contributed by atoms with E-state index in [1.807, 2.05) is 41.5 Å². The summed E-state index contributed by atoms with van der Waals surface area (Å²) in [5.41, 5.74) is -1.03. The normalized spacial score (nSPS) is 39.7. The number of rotatable bonds is 2. The van der Waals surface area contributed by atoms with Crippen molar-refractivity contribution < 1.29 is 28.4 Å². The van der Waals surface area contributed by atoms with Crippen LogP contribution >= 0.6 is 0 Å². The van der Waals surface area contributed by atoms with Gasteiger partial charge in [0.05, 0.1) is 43.0 Å². The lowest BCUT2D eigenvalue weighted by molar-refractivity contribution is -0.472. The molecule has 6 nitrogen and oxygen atoms in total. The molecule has 2 saturated heterocycles. The summed E-state index contributed by atoms with van der Waals surface area (Å²) in [5.74, 6) is -2.07. The highest BCUT2D eigenvalue weighted by Gasteiger charge is 2.50. The molecule has 2 aliphatic heterocycles. The Bertz CT molecular complexity index is 360. The van der Waals surface area contributed by atoms with Crippen LogP contribution in [0.2, 0.25) is 0 Å². The maximum Gasteiger partial charge on any atom is 0.280 e. The smallest absolute Gasteiger partial charge is 0.280 e. The zero-order chi connectivity index (χ0) is 17.6. The van der Waals surface area contributed by atoms with Gasteiger partial charge in [0.25, 0.3) is 11.9 Å². The predicted molar refractivity (Wildman–Crippen MR) is 84.7 cm³/mol. The Morgan fingerprint density at radius 3 is 1.09 bits per heavy atom. The first-order valence-electron chi connectivity index (χ1n) is 8.20. The molecule has 136 valence electrons. The molecule has 2 heterocycles. The molecule has 23 heavy (non-hydrogen) atoms. The molecule has 0 aromatic heterocycles. The van der Waals surface area contributed by atoms with Crippen LogP contribution in [0.1, 0.15) is 55.4 Å². The first-order valence-corrected chi connectivity index (χ1v) is 8.20. The molecule has 0 atom stereocenters. The highest BCUT2D eigenvalue weighted by molar-refractivity contribution is 4.86. The van der Waals surface area contributed by atoms with Gasteiger partial charge >= 0.3 is 0 Å². The summed E-state index contributed by atoms with van der Waals surface area (Å²) in [6.07, 6.45) is 0. The van der Waals surface area contributed by atoms with Crippen LogP contribution in [-0.2, 0) is 28.4 Å². The molecule has 6 heteroatoms. The summed E-state index contributed by atoms with van der Waals surface area (Å²) in [6, 6.07) is 0. The van der Waals surface area contributed by atoms with Gasteiger partial charge < -0.3 is 28.4 Å². The zero-order valence-electron chi connectivity index (χ0n) is 15.8. The molecular formula is C17H32O6. The average molecular weight is 332 g/mol. The molecular weight excluding hydrogens is 300 g/mol. The van der Waals surface area contributed by atoms with Crippen molar-refractivity contribution in [1.82, 2.24) is 0 Å². The Labute approximate surface area is 139 Å². The van der Waals surface area contributed by atoms with Gasteiger partial charge in [-0.3, -0.25) is 0 Å². The lowest BCUT2D eigenvalue weighted by Gasteiger charge is -2.50. The zero-order valence-corrected chi connectivity index (χ0v) is 15.8. The fraction of sp³-hybridized carbons (Fsp3) is 1.00. The second-order valence-corrected chi connectivity index (χ2v) is 8.81. The van der Waals surface area contributed by atoms with Gasteiger partial charge in [-0.25, -0.2) is 0 Å². The Balaban J connectivity index is 1.91. The Kier molecular flexibility index (Phi) is 4.92. The first-order chi connectivity index (χ1) is 10.2. The van der Waals surface area contributed by atoms with Crippen LogP contribution in [0.25, 0.3) is 0 Å². The Morgan fingerprint density at radius 2 is 0.870 bits per heavy atom. The molecule has 0 unspecified atom stereocenters. The minimum Gasteiger partial charge on any atom is -0.327 e. The third-order valence-electron chi connectivity index (χ3n) is 3.55. The molecule has 0 radical (unpaired) electrons. The predicted octanol–water partition coefficient (Wildman–Crippen LogP) is 3.04. The van der Waals surface area contributed by atoms with Gasteiger partial charge in [0.2, 0.25) is 0 Å². The minimum absolute atomic E-state index is 0.332. The van der Waals surface area contributed by atoms with Gasteiger partial charge in [-0.05, 0) is 41.5 Å².